The fraction of sp³-hybridized carbons (Fsp3) is 0.769. The van der Waals surface area contributed by atoms with Crippen molar-refractivity contribution in [3.63, 3.8) is 0 Å². The van der Waals surface area contributed by atoms with Crippen LogP contribution in [0.15, 0.2) is 12.2 Å². The number of amides is 1. The van der Waals surface area contributed by atoms with E-state index < -0.39 is 0 Å². The summed E-state index contributed by atoms with van der Waals surface area (Å²) in [5.74, 6) is 0.155. The van der Waals surface area contributed by atoms with Gasteiger partial charge in [0, 0.05) is 11.6 Å². The number of carbonyl (C=O) groups is 1. The third kappa shape index (κ3) is 2.64. The second-order valence-electron chi connectivity index (χ2n) is 5.50. The van der Waals surface area contributed by atoms with Crippen LogP contribution in [0.4, 0.5) is 0 Å². The lowest BCUT2D eigenvalue weighted by atomic mass is 9.83. The quantitative estimate of drug-likeness (QED) is 0.699. The Morgan fingerprint density at radius 2 is 2.00 bits per heavy atom. The van der Waals surface area contributed by atoms with Crippen molar-refractivity contribution in [3.8, 4) is 0 Å². The van der Waals surface area contributed by atoms with Crippen LogP contribution in [0.5, 0.6) is 0 Å². The first-order chi connectivity index (χ1) is 7.59. The van der Waals surface area contributed by atoms with Gasteiger partial charge in [0.2, 0.25) is 5.91 Å². The summed E-state index contributed by atoms with van der Waals surface area (Å²) in [6.07, 6.45) is 10.7. The first kappa shape index (κ1) is 11.6. The Kier molecular flexibility index (Phi) is 3.33. The fourth-order valence-electron chi connectivity index (χ4n) is 2.77. The van der Waals surface area contributed by atoms with Gasteiger partial charge in [-0.1, -0.05) is 31.4 Å². The molecule has 2 unspecified atom stereocenters. The number of hydrogen-bond donors (Lipinski definition) is 2. The van der Waals surface area contributed by atoms with Crippen molar-refractivity contribution in [2.24, 2.45) is 11.7 Å². The summed E-state index contributed by atoms with van der Waals surface area (Å²) in [6.45, 7) is 2.17. The Morgan fingerprint density at radius 3 is 2.56 bits per heavy atom. The first-order valence-electron chi connectivity index (χ1n) is 6.35. The normalized spacial score (nSPS) is 32.6. The smallest absolute Gasteiger partial charge is 0.227 e. The molecule has 2 aliphatic rings. The van der Waals surface area contributed by atoms with Gasteiger partial charge in [-0.25, -0.2) is 0 Å². The van der Waals surface area contributed by atoms with Gasteiger partial charge >= 0.3 is 0 Å². The molecule has 0 aromatic heterocycles. The lowest BCUT2D eigenvalue weighted by molar-refractivity contribution is -0.125. The lowest BCUT2D eigenvalue weighted by Crippen LogP contribution is -2.49. The van der Waals surface area contributed by atoms with Crippen LogP contribution in [0.2, 0.25) is 0 Å². The monoisotopic (exact) mass is 222 g/mol. The Labute approximate surface area is 97.5 Å². The molecule has 0 aromatic rings. The molecule has 1 fully saturated rings. The van der Waals surface area contributed by atoms with Crippen molar-refractivity contribution in [1.82, 2.24) is 5.32 Å². The van der Waals surface area contributed by atoms with E-state index in [9.17, 15) is 4.79 Å². The third-order valence-corrected chi connectivity index (χ3v) is 3.84. The number of nitrogens with one attached hydrogen (secondary N) is 1. The molecule has 0 radical (unpaired) electrons. The zero-order chi connectivity index (χ0) is 11.6. The molecule has 2 atom stereocenters. The number of nitrogens with two attached hydrogens (primary N) is 1. The second kappa shape index (κ2) is 4.58. The summed E-state index contributed by atoms with van der Waals surface area (Å²) in [7, 11) is 0. The van der Waals surface area contributed by atoms with Crippen LogP contribution in [0.1, 0.15) is 45.4 Å². The number of carbonyl (C=O) groups excluding carboxylic acids is 1. The van der Waals surface area contributed by atoms with Gasteiger partial charge in [-0.3, -0.25) is 4.79 Å². The maximum Gasteiger partial charge on any atom is 0.227 e. The SMILES string of the molecule is CC1(NC(=O)C2C=CC(N)C2)CCCCC1. The van der Waals surface area contributed by atoms with Gasteiger partial charge in [0.1, 0.15) is 0 Å². The summed E-state index contributed by atoms with van der Waals surface area (Å²) < 4.78 is 0. The lowest BCUT2D eigenvalue weighted by Gasteiger charge is -2.35. The van der Waals surface area contributed by atoms with Crippen LogP contribution in [-0.2, 0) is 4.79 Å². The molecule has 90 valence electrons. The van der Waals surface area contributed by atoms with E-state index >= 15 is 0 Å². The number of hydrogen-bond acceptors (Lipinski definition) is 2. The van der Waals surface area contributed by atoms with Crippen LogP contribution in [0.25, 0.3) is 0 Å². The Hall–Kier alpha value is -0.830. The molecule has 0 saturated heterocycles. The average molecular weight is 222 g/mol. The molecule has 2 aliphatic carbocycles. The van der Waals surface area contributed by atoms with Gasteiger partial charge in [-0.2, -0.15) is 0 Å². The second-order valence-corrected chi connectivity index (χ2v) is 5.50. The highest BCUT2D eigenvalue weighted by Crippen LogP contribution is 2.28. The average Bonchev–Trinajstić information content (AvgIpc) is 2.65. The minimum Gasteiger partial charge on any atom is -0.350 e. The van der Waals surface area contributed by atoms with Crippen LogP contribution in [0, 0.1) is 5.92 Å². The maximum atomic E-state index is 12.0. The van der Waals surface area contributed by atoms with Crippen molar-refractivity contribution in [2.75, 3.05) is 0 Å². The minimum absolute atomic E-state index is 0.00579. The summed E-state index contributed by atoms with van der Waals surface area (Å²) in [5, 5.41) is 3.21. The molecule has 3 heteroatoms. The standard InChI is InChI=1S/C13H22N2O/c1-13(7-3-2-4-8-13)15-12(16)10-5-6-11(14)9-10/h5-6,10-11H,2-4,7-9,14H2,1H3,(H,15,16). The highest BCUT2D eigenvalue weighted by Gasteiger charge is 2.31. The molecule has 2 rings (SSSR count). The topological polar surface area (TPSA) is 55.1 Å². The Bertz CT molecular complexity index is 292. The van der Waals surface area contributed by atoms with E-state index in [-0.39, 0.29) is 23.4 Å². The Morgan fingerprint density at radius 1 is 1.31 bits per heavy atom. The zero-order valence-electron chi connectivity index (χ0n) is 10.0. The van der Waals surface area contributed by atoms with Crippen molar-refractivity contribution in [2.45, 2.75) is 57.0 Å². The van der Waals surface area contributed by atoms with E-state index in [1.54, 1.807) is 0 Å². The van der Waals surface area contributed by atoms with Crippen LogP contribution < -0.4 is 11.1 Å². The molecule has 16 heavy (non-hydrogen) atoms. The minimum atomic E-state index is -0.00579. The summed E-state index contributed by atoms with van der Waals surface area (Å²) in [5.41, 5.74) is 5.79. The van der Waals surface area contributed by atoms with Crippen molar-refractivity contribution in [3.05, 3.63) is 12.2 Å². The van der Waals surface area contributed by atoms with Gasteiger partial charge in [0.15, 0.2) is 0 Å². The van der Waals surface area contributed by atoms with Crippen LogP contribution in [0.3, 0.4) is 0 Å². The molecular formula is C13H22N2O. The first-order valence-corrected chi connectivity index (χ1v) is 6.35. The largest absolute Gasteiger partial charge is 0.350 e. The molecule has 0 spiro atoms. The van der Waals surface area contributed by atoms with Crippen molar-refractivity contribution in [1.29, 1.82) is 0 Å². The van der Waals surface area contributed by atoms with Crippen molar-refractivity contribution < 1.29 is 4.79 Å². The summed E-state index contributed by atoms with van der Waals surface area (Å²) >= 11 is 0. The maximum absolute atomic E-state index is 12.0. The molecule has 3 N–H and O–H groups in total. The molecule has 0 aliphatic heterocycles. The molecule has 0 bridgehead atoms. The molecule has 1 amide bonds. The molecule has 1 saturated carbocycles. The van der Waals surface area contributed by atoms with E-state index in [2.05, 4.69) is 12.2 Å². The van der Waals surface area contributed by atoms with E-state index in [1.165, 1.54) is 19.3 Å². The van der Waals surface area contributed by atoms with E-state index in [0.717, 1.165) is 19.3 Å². The summed E-state index contributed by atoms with van der Waals surface area (Å²) in [4.78, 5) is 12.0. The van der Waals surface area contributed by atoms with Crippen LogP contribution >= 0.6 is 0 Å². The van der Waals surface area contributed by atoms with Gasteiger partial charge in [0.05, 0.1) is 5.92 Å². The fourth-order valence-corrected chi connectivity index (χ4v) is 2.77. The van der Waals surface area contributed by atoms with E-state index in [1.807, 2.05) is 12.2 Å². The number of rotatable bonds is 2. The predicted molar refractivity (Wildman–Crippen MR) is 64.9 cm³/mol. The molecule has 0 aromatic carbocycles. The van der Waals surface area contributed by atoms with Gasteiger partial charge in [-0.05, 0) is 26.2 Å². The molecule has 0 heterocycles. The highest BCUT2D eigenvalue weighted by molar-refractivity contribution is 5.81. The van der Waals surface area contributed by atoms with Gasteiger partial charge in [0.25, 0.3) is 0 Å². The van der Waals surface area contributed by atoms with Crippen molar-refractivity contribution >= 4 is 5.91 Å². The Balaban J connectivity index is 1.89. The predicted octanol–water partition coefficient (Wildman–Crippen LogP) is 1.73. The van der Waals surface area contributed by atoms with E-state index in [4.69, 9.17) is 5.73 Å². The third-order valence-electron chi connectivity index (χ3n) is 3.84. The summed E-state index contributed by atoms with van der Waals surface area (Å²) in [6, 6.07) is 0.0647. The molecular weight excluding hydrogens is 200 g/mol. The zero-order valence-corrected chi connectivity index (χ0v) is 10.0. The van der Waals surface area contributed by atoms with Crippen LogP contribution in [-0.4, -0.2) is 17.5 Å². The van der Waals surface area contributed by atoms with Gasteiger partial charge < -0.3 is 11.1 Å². The van der Waals surface area contributed by atoms with Gasteiger partial charge in [-0.15, -0.1) is 0 Å². The highest BCUT2D eigenvalue weighted by atomic mass is 16.2. The van der Waals surface area contributed by atoms with E-state index in [0.29, 0.717) is 0 Å². The molecule has 3 nitrogen and oxygen atoms in total.